The number of benzene rings is 2. The second kappa shape index (κ2) is 11.4. The van der Waals surface area contributed by atoms with Crippen LogP contribution in [0.2, 0.25) is 0 Å². The minimum atomic E-state index is -0.620. The summed E-state index contributed by atoms with van der Waals surface area (Å²) in [6, 6.07) is 11.0. The molecule has 0 aliphatic rings. The van der Waals surface area contributed by atoms with Crippen molar-refractivity contribution < 1.29 is 28.1 Å². The maximum Gasteiger partial charge on any atom is 0.427 e. The molecule has 0 radical (unpaired) electrons. The lowest BCUT2D eigenvalue weighted by Crippen LogP contribution is -2.18. The van der Waals surface area contributed by atoms with Gasteiger partial charge >= 0.3 is 6.09 Å². The van der Waals surface area contributed by atoms with Crippen LogP contribution in [-0.4, -0.2) is 38.7 Å². The third kappa shape index (κ3) is 7.14. The fraction of sp³-hybridized carbons (Fsp3) is 0.300. The number of hydrogen-bond donors (Lipinski definition) is 1. The second-order valence-electron chi connectivity index (χ2n) is 5.38. The Labute approximate surface area is 163 Å². The molecule has 0 aromatic heterocycles. The molecule has 0 fully saturated rings. The van der Waals surface area contributed by atoms with Crippen molar-refractivity contribution in [2.45, 2.75) is 13.8 Å². The smallest absolute Gasteiger partial charge is 0.427 e. The first-order chi connectivity index (χ1) is 13.6. The molecule has 1 N–H and O–H groups in total. The van der Waals surface area contributed by atoms with Gasteiger partial charge in [0.1, 0.15) is 24.8 Å². The van der Waals surface area contributed by atoms with Crippen LogP contribution in [0.25, 0.3) is 0 Å². The zero-order valence-electron chi connectivity index (χ0n) is 15.8. The summed E-state index contributed by atoms with van der Waals surface area (Å²) in [5, 5.41) is 3.81. The molecule has 0 aliphatic heterocycles. The molecule has 2 aromatic carbocycles. The number of hydrogen-bond acceptors (Lipinski definition) is 6. The fourth-order valence-corrected chi connectivity index (χ4v) is 2.16. The Morgan fingerprint density at radius 1 is 1.00 bits per heavy atom. The standard InChI is InChI=1S/C20H23FN2O5/c1-3-25-19-13-15(14-22-23-20(24)26-4-2)5-10-18(19)28-12-11-27-17-8-6-16(21)7-9-17/h5-10,13-14H,3-4,11-12H2,1-2H3,(H,23,24)/b22-14-. The van der Waals surface area contributed by atoms with Crippen molar-refractivity contribution in [3.05, 3.63) is 53.8 Å². The number of rotatable bonds is 10. The van der Waals surface area contributed by atoms with Crippen molar-refractivity contribution in [3.8, 4) is 17.2 Å². The number of hydrazone groups is 1. The Kier molecular flexibility index (Phi) is 8.58. The van der Waals surface area contributed by atoms with Crippen molar-refractivity contribution in [2.75, 3.05) is 26.4 Å². The second-order valence-corrected chi connectivity index (χ2v) is 5.38. The number of carbonyl (C=O) groups is 1. The molecule has 8 heteroatoms. The van der Waals surface area contributed by atoms with Crippen molar-refractivity contribution in [3.63, 3.8) is 0 Å². The summed E-state index contributed by atoms with van der Waals surface area (Å²) in [4.78, 5) is 11.2. The van der Waals surface area contributed by atoms with Gasteiger partial charge in [-0.25, -0.2) is 14.6 Å². The SMILES string of the molecule is CCOC(=O)N/N=C\c1ccc(OCCOc2ccc(F)cc2)c(OCC)c1. The predicted octanol–water partition coefficient (Wildman–Crippen LogP) is 3.76. The van der Waals surface area contributed by atoms with Crippen LogP contribution in [0, 0.1) is 5.82 Å². The van der Waals surface area contributed by atoms with E-state index in [1.165, 1.54) is 18.3 Å². The van der Waals surface area contributed by atoms with Crippen LogP contribution in [0.1, 0.15) is 19.4 Å². The highest BCUT2D eigenvalue weighted by Crippen LogP contribution is 2.28. The number of halogens is 1. The van der Waals surface area contributed by atoms with Gasteiger partial charge in [-0.3, -0.25) is 0 Å². The number of nitrogens with one attached hydrogen (secondary N) is 1. The largest absolute Gasteiger partial charge is 0.490 e. The number of amides is 1. The molecule has 7 nitrogen and oxygen atoms in total. The summed E-state index contributed by atoms with van der Waals surface area (Å²) in [5.74, 6) is 1.35. The molecule has 150 valence electrons. The molecule has 0 spiro atoms. The summed E-state index contributed by atoms with van der Waals surface area (Å²) in [6.07, 6.45) is 0.853. The maximum atomic E-state index is 12.9. The van der Waals surface area contributed by atoms with E-state index in [9.17, 15) is 9.18 Å². The molecular formula is C20H23FN2O5. The van der Waals surface area contributed by atoms with Gasteiger partial charge in [-0.05, 0) is 61.9 Å². The van der Waals surface area contributed by atoms with E-state index < -0.39 is 6.09 Å². The summed E-state index contributed by atoms with van der Waals surface area (Å²) in [5.41, 5.74) is 2.97. The average molecular weight is 390 g/mol. The van der Waals surface area contributed by atoms with Crippen molar-refractivity contribution >= 4 is 12.3 Å². The van der Waals surface area contributed by atoms with E-state index in [-0.39, 0.29) is 19.0 Å². The first kappa shape index (κ1) is 21.0. The van der Waals surface area contributed by atoms with Crippen LogP contribution in [0.15, 0.2) is 47.6 Å². The summed E-state index contributed by atoms with van der Waals surface area (Å²) >= 11 is 0. The van der Waals surface area contributed by atoms with Gasteiger partial charge in [-0.1, -0.05) is 0 Å². The highest BCUT2D eigenvalue weighted by molar-refractivity contribution is 5.82. The van der Waals surface area contributed by atoms with E-state index in [1.807, 2.05) is 6.92 Å². The first-order valence-electron chi connectivity index (χ1n) is 8.86. The lowest BCUT2D eigenvalue weighted by Gasteiger charge is -2.13. The fourth-order valence-electron chi connectivity index (χ4n) is 2.16. The monoisotopic (exact) mass is 390 g/mol. The van der Waals surface area contributed by atoms with Crippen LogP contribution >= 0.6 is 0 Å². The lowest BCUT2D eigenvalue weighted by molar-refractivity contribution is 0.152. The predicted molar refractivity (Wildman–Crippen MR) is 103 cm³/mol. The third-order valence-corrected chi connectivity index (χ3v) is 3.34. The summed E-state index contributed by atoms with van der Waals surface area (Å²) in [6.45, 7) is 4.89. The average Bonchev–Trinajstić information content (AvgIpc) is 2.68. The minimum absolute atomic E-state index is 0.271. The Morgan fingerprint density at radius 3 is 2.46 bits per heavy atom. The third-order valence-electron chi connectivity index (χ3n) is 3.34. The molecule has 0 heterocycles. The zero-order chi connectivity index (χ0) is 20.2. The summed E-state index contributed by atoms with van der Waals surface area (Å²) in [7, 11) is 0. The Balaban J connectivity index is 1.89. The molecule has 0 aliphatic carbocycles. The highest BCUT2D eigenvalue weighted by Gasteiger charge is 2.06. The van der Waals surface area contributed by atoms with E-state index in [1.54, 1.807) is 37.3 Å². The number of nitrogens with zero attached hydrogens (tertiary/aromatic N) is 1. The van der Waals surface area contributed by atoms with Gasteiger partial charge in [-0.2, -0.15) is 5.10 Å². The molecule has 2 aromatic rings. The van der Waals surface area contributed by atoms with Crippen LogP contribution in [0.3, 0.4) is 0 Å². The van der Waals surface area contributed by atoms with Crippen LogP contribution in [-0.2, 0) is 4.74 Å². The Hall–Kier alpha value is -3.29. The molecule has 2 rings (SSSR count). The Bertz CT molecular complexity index is 781. The normalized spacial score (nSPS) is 10.5. The number of carbonyl (C=O) groups excluding carboxylic acids is 1. The van der Waals surface area contributed by atoms with Gasteiger partial charge in [0.15, 0.2) is 11.5 Å². The van der Waals surface area contributed by atoms with Crippen molar-refractivity contribution in [1.82, 2.24) is 5.43 Å². The van der Waals surface area contributed by atoms with Gasteiger partial charge in [0.05, 0.1) is 19.4 Å². The van der Waals surface area contributed by atoms with Crippen LogP contribution in [0.4, 0.5) is 9.18 Å². The molecule has 0 unspecified atom stereocenters. The van der Waals surface area contributed by atoms with Gasteiger partial charge < -0.3 is 18.9 Å². The topological polar surface area (TPSA) is 78.4 Å². The lowest BCUT2D eigenvalue weighted by atomic mass is 10.2. The summed E-state index contributed by atoms with van der Waals surface area (Å²) < 4.78 is 34.4. The maximum absolute atomic E-state index is 12.9. The van der Waals surface area contributed by atoms with Crippen molar-refractivity contribution in [1.29, 1.82) is 0 Å². The molecule has 0 bridgehead atoms. The van der Waals surface area contributed by atoms with E-state index in [4.69, 9.17) is 18.9 Å². The van der Waals surface area contributed by atoms with Gasteiger partial charge in [0.2, 0.25) is 0 Å². The van der Waals surface area contributed by atoms with Gasteiger partial charge in [-0.15, -0.1) is 0 Å². The van der Waals surface area contributed by atoms with Crippen LogP contribution < -0.4 is 19.6 Å². The molecular weight excluding hydrogens is 367 g/mol. The Morgan fingerprint density at radius 2 is 1.75 bits per heavy atom. The van der Waals surface area contributed by atoms with Crippen LogP contribution in [0.5, 0.6) is 17.2 Å². The molecule has 28 heavy (non-hydrogen) atoms. The molecule has 0 saturated heterocycles. The molecule has 0 saturated carbocycles. The van der Waals surface area contributed by atoms with E-state index in [2.05, 4.69) is 10.5 Å². The van der Waals surface area contributed by atoms with Gasteiger partial charge in [0, 0.05) is 0 Å². The molecule has 0 atom stereocenters. The minimum Gasteiger partial charge on any atom is -0.490 e. The van der Waals surface area contributed by atoms with E-state index in [0.29, 0.717) is 30.5 Å². The zero-order valence-corrected chi connectivity index (χ0v) is 15.8. The highest BCUT2D eigenvalue weighted by atomic mass is 19.1. The van der Waals surface area contributed by atoms with Gasteiger partial charge in [0.25, 0.3) is 0 Å². The quantitative estimate of drug-likeness (QED) is 0.380. The van der Waals surface area contributed by atoms with E-state index >= 15 is 0 Å². The number of ether oxygens (including phenoxy) is 4. The van der Waals surface area contributed by atoms with Crippen molar-refractivity contribution in [2.24, 2.45) is 5.10 Å². The molecule has 1 amide bonds. The van der Waals surface area contributed by atoms with E-state index in [0.717, 1.165) is 5.56 Å². The first-order valence-corrected chi connectivity index (χ1v) is 8.86.